The highest BCUT2D eigenvalue weighted by Gasteiger charge is 2.11. The summed E-state index contributed by atoms with van der Waals surface area (Å²) in [5, 5.41) is 11.6. The number of amides is 1. The minimum absolute atomic E-state index is 0.0379. The molecule has 0 atom stereocenters. The fourth-order valence-corrected chi connectivity index (χ4v) is 2.36. The van der Waals surface area contributed by atoms with Gasteiger partial charge in [-0.05, 0) is 50.2 Å². The van der Waals surface area contributed by atoms with Gasteiger partial charge in [0.25, 0.3) is 5.91 Å². The van der Waals surface area contributed by atoms with E-state index in [1.165, 1.54) is 12.8 Å². The molecule has 0 aromatic heterocycles. The molecule has 4 nitrogen and oxygen atoms in total. The SMILES string of the molecule is O=C(NCCN1CCCC1)c1ccc(C#CCCO)cc1. The summed E-state index contributed by atoms with van der Waals surface area (Å²) >= 11 is 0. The van der Waals surface area contributed by atoms with Gasteiger partial charge >= 0.3 is 0 Å². The van der Waals surface area contributed by atoms with Crippen LogP contribution in [0.2, 0.25) is 0 Å². The summed E-state index contributed by atoms with van der Waals surface area (Å²) < 4.78 is 0. The number of carbonyl (C=O) groups is 1. The van der Waals surface area contributed by atoms with E-state index in [1.807, 2.05) is 12.1 Å². The lowest BCUT2D eigenvalue weighted by molar-refractivity contribution is 0.0950. The molecule has 1 aromatic carbocycles. The summed E-state index contributed by atoms with van der Waals surface area (Å²) in [6.07, 6.45) is 3.01. The average molecular weight is 286 g/mol. The van der Waals surface area contributed by atoms with Crippen molar-refractivity contribution >= 4 is 5.91 Å². The lowest BCUT2D eigenvalue weighted by atomic mass is 10.1. The molecule has 0 radical (unpaired) electrons. The zero-order chi connectivity index (χ0) is 14.9. The predicted molar refractivity (Wildman–Crippen MR) is 83.0 cm³/mol. The number of hydrogen-bond donors (Lipinski definition) is 2. The molecule has 0 saturated carbocycles. The van der Waals surface area contributed by atoms with Crippen LogP contribution in [0.5, 0.6) is 0 Å². The summed E-state index contributed by atoms with van der Waals surface area (Å²) in [7, 11) is 0. The second-order valence-corrected chi connectivity index (χ2v) is 5.16. The van der Waals surface area contributed by atoms with Gasteiger partial charge in [0.1, 0.15) is 0 Å². The Labute approximate surface area is 126 Å². The van der Waals surface area contributed by atoms with Crippen molar-refractivity contribution in [2.75, 3.05) is 32.8 Å². The highest BCUT2D eigenvalue weighted by molar-refractivity contribution is 5.94. The maximum atomic E-state index is 12.0. The van der Waals surface area contributed by atoms with E-state index in [0.29, 0.717) is 18.5 Å². The van der Waals surface area contributed by atoms with Crippen molar-refractivity contribution in [3.63, 3.8) is 0 Å². The standard InChI is InChI=1S/C17H22N2O2/c20-14-4-1-5-15-6-8-16(9-7-15)17(21)18-10-13-19-11-2-3-12-19/h6-9,20H,2-4,10-14H2,(H,18,21). The molecule has 1 aromatic rings. The van der Waals surface area contributed by atoms with Crippen LogP contribution in [0.4, 0.5) is 0 Å². The predicted octanol–water partition coefficient (Wildman–Crippen LogP) is 1.25. The molecular weight excluding hydrogens is 264 g/mol. The Morgan fingerprint density at radius 2 is 1.95 bits per heavy atom. The first kappa shape index (κ1) is 15.6. The Hall–Kier alpha value is -1.83. The van der Waals surface area contributed by atoms with Crippen molar-refractivity contribution in [2.45, 2.75) is 19.3 Å². The minimum Gasteiger partial charge on any atom is -0.395 e. The molecular formula is C17H22N2O2. The van der Waals surface area contributed by atoms with E-state index in [1.54, 1.807) is 12.1 Å². The molecule has 112 valence electrons. The largest absolute Gasteiger partial charge is 0.395 e. The number of nitrogens with zero attached hydrogens (tertiary/aromatic N) is 1. The van der Waals surface area contributed by atoms with Gasteiger partial charge < -0.3 is 15.3 Å². The molecule has 1 aliphatic rings. The van der Waals surface area contributed by atoms with Gasteiger partial charge in [-0.15, -0.1) is 0 Å². The fourth-order valence-electron chi connectivity index (χ4n) is 2.36. The van der Waals surface area contributed by atoms with Crippen molar-refractivity contribution in [3.05, 3.63) is 35.4 Å². The van der Waals surface area contributed by atoms with Gasteiger partial charge in [-0.25, -0.2) is 0 Å². The summed E-state index contributed by atoms with van der Waals surface area (Å²) in [5.41, 5.74) is 1.51. The Balaban J connectivity index is 1.78. The number of rotatable bonds is 5. The van der Waals surface area contributed by atoms with Gasteiger partial charge in [-0.2, -0.15) is 0 Å². The fraction of sp³-hybridized carbons (Fsp3) is 0.471. The first-order valence-electron chi connectivity index (χ1n) is 7.50. The van der Waals surface area contributed by atoms with Gasteiger partial charge in [0.2, 0.25) is 0 Å². The number of hydrogen-bond acceptors (Lipinski definition) is 3. The van der Waals surface area contributed by atoms with Crippen LogP contribution in [0.15, 0.2) is 24.3 Å². The van der Waals surface area contributed by atoms with E-state index in [2.05, 4.69) is 22.1 Å². The van der Waals surface area contributed by atoms with E-state index in [9.17, 15) is 4.79 Å². The molecule has 1 amide bonds. The quantitative estimate of drug-likeness (QED) is 0.801. The van der Waals surface area contributed by atoms with Crippen LogP contribution in [0.3, 0.4) is 0 Å². The smallest absolute Gasteiger partial charge is 0.251 e. The third-order valence-electron chi connectivity index (χ3n) is 3.53. The number of nitrogens with one attached hydrogen (secondary N) is 1. The van der Waals surface area contributed by atoms with Crippen LogP contribution < -0.4 is 5.32 Å². The zero-order valence-electron chi connectivity index (χ0n) is 12.3. The maximum Gasteiger partial charge on any atom is 0.251 e. The van der Waals surface area contributed by atoms with E-state index in [4.69, 9.17) is 5.11 Å². The molecule has 1 aliphatic heterocycles. The lowest BCUT2D eigenvalue weighted by Crippen LogP contribution is -2.33. The molecule has 0 unspecified atom stereocenters. The van der Waals surface area contributed by atoms with Gasteiger partial charge in [-0.1, -0.05) is 11.8 Å². The number of carbonyl (C=O) groups excluding carboxylic acids is 1. The van der Waals surface area contributed by atoms with E-state index < -0.39 is 0 Å². The Morgan fingerprint density at radius 3 is 2.62 bits per heavy atom. The van der Waals surface area contributed by atoms with Gasteiger partial charge in [0, 0.05) is 30.6 Å². The van der Waals surface area contributed by atoms with Crippen molar-refractivity contribution in [1.29, 1.82) is 0 Å². The van der Waals surface area contributed by atoms with Crippen LogP contribution in [0, 0.1) is 11.8 Å². The highest BCUT2D eigenvalue weighted by Crippen LogP contribution is 2.06. The molecule has 2 N–H and O–H groups in total. The molecule has 0 spiro atoms. The minimum atomic E-state index is -0.0379. The lowest BCUT2D eigenvalue weighted by Gasteiger charge is -2.14. The summed E-state index contributed by atoms with van der Waals surface area (Å²) in [5.74, 6) is 5.77. The summed E-state index contributed by atoms with van der Waals surface area (Å²) in [4.78, 5) is 14.4. The molecule has 0 bridgehead atoms. The summed E-state index contributed by atoms with van der Waals surface area (Å²) in [6.45, 7) is 3.99. The summed E-state index contributed by atoms with van der Waals surface area (Å²) in [6, 6.07) is 7.24. The average Bonchev–Trinajstić information content (AvgIpc) is 3.01. The maximum absolute atomic E-state index is 12.0. The Morgan fingerprint density at radius 1 is 1.24 bits per heavy atom. The van der Waals surface area contributed by atoms with Crippen molar-refractivity contribution in [1.82, 2.24) is 10.2 Å². The second-order valence-electron chi connectivity index (χ2n) is 5.16. The van der Waals surface area contributed by atoms with Crippen LogP contribution in [0.25, 0.3) is 0 Å². The third-order valence-corrected chi connectivity index (χ3v) is 3.53. The normalized spacial score (nSPS) is 14.5. The molecule has 0 aliphatic carbocycles. The van der Waals surface area contributed by atoms with Crippen molar-refractivity contribution < 1.29 is 9.90 Å². The zero-order valence-corrected chi connectivity index (χ0v) is 12.3. The monoisotopic (exact) mass is 286 g/mol. The Kier molecular flexibility index (Phi) is 6.26. The van der Waals surface area contributed by atoms with Crippen LogP contribution in [-0.4, -0.2) is 48.7 Å². The Bertz CT molecular complexity index is 508. The van der Waals surface area contributed by atoms with Crippen molar-refractivity contribution in [2.24, 2.45) is 0 Å². The first-order valence-corrected chi connectivity index (χ1v) is 7.50. The topological polar surface area (TPSA) is 52.6 Å². The van der Waals surface area contributed by atoms with Crippen LogP contribution >= 0.6 is 0 Å². The van der Waals surface area contributed by atoms with Gasteiger partial charge in [-0.3, -0.25) is 4.79 Å². The molecule has 1 heterocycles. The number of likely N-dealkylation sites (tertiary alicyclic amines) is 1. The number of aliphatic hydroxyl groups is 1. The van der Waals surface area contributed by atoms with Crippen LogP contribution in [0.1, 0.15) is 35.2 Å². The molecule has 21 heavy (non-hydrogen) atoms. The molecule has 2 rings (SSSR count). The van der Waals surface area contributed by atoms with E-state index >= 15 is 0 Å². The van der Waals surface area contributed by atoms with Gasteiger partial charge in [0.05, 0.1) is 6.61 Å². The first-order chi connectivity index (χ1) is 10.3. The van der Waals surface area contributed by atoms with E-state index in [0.717, 1.165) is 25.2 Å². The van der Waals surface area contributed by atoms with E-state index in [-0.39, 0.29) is 12.5 Å². The second kappa shape index (κ2) is 8.46. The van der Waals surface area contributed by atoms with Crippen molar-refractivity contribution in [3.8, 4) is 11.8 Å². The number of benzene rings is 1. The molecule has 1 fully saturated rings. The highest BCUT2D eigenvalue weighted by atomic mass is 16.2. The van der Waals surface area contributed by atoms with Gasteiger partial charge in [0.15, 0.2) is 0 Å². The molecule has 1 saturated heterocycles. The third kappa shape index (κ3) is 5.22. The molecule has 4 heteroatoms. The van der Waals surface area contributed by atoms with Crippen LogP contribution in [-0.2, 0) is 0 Å². The number of aliphatic hydroxyl groups excluding tert-OH is 1.